The number of hydrogen-bond acceptors (Lipinski definition) is 3. The van der Waals surface area contributed by atoms with Crippen molar-refractivity contribution in [1.29, 1.82) is 0 Å². The van der Waals surface area contributed by atoms with Gasteiger partial charge in [-0.3, -0.25) is 4.79 Å². The van der Waals surface area contributed by atoms with Crippen LogP contribution in [0, 0.1) is 5.92 Å². The van der Waals surface area contributed by atoms with Gasteiger partial charge in [0, 0.05) is 0 Å². The molecule has 1 atom stereocenters. The fourth-order valence-corrected chi connectivity index (χ4v) is 1.58. The minimum Gasteiger partial charge on any atom is -0.505 e. The van der Waals surface area contributed by atoms with Crippen molar-refractivity contribution in [2.75, 3.05) is 14.2 Å². The summed E-state index contributed by atoms with van der Waals surface area (Å²) in [5.74, 6) is -0.477. The first-order valence-electron chi connectivity index (χ1n) is 5.59. The van der Waals surface area contributed by atoms with Gasteiger partial charge in [-0.1, -0.05) is 30.3 Å². The summed E-state index contributed by atoms with van der Waals surface area (Å²) < 4.78 is 9.58. The molecule has 92 valence electrons. The molecule has 0 saturated carbocycles. The molecule has 0 spiro atoms. The second-order valence-corrected chi connectivity index (χ2v) is 3.72. The minimum absolute atomic E-state index is 0.228. The Labute approximate surface area is 102 Å². The molecule has 0 aliphatic carbocycles. The van der Waals surface area contributed by atoms with Gasteiger partial charge in [-0.2, -0.15) is 0 Å². The van der Waals surface area contributed by atoms with Gasteiger partial charge in [0.2, 0.25) is 0 Å². The molecule has 0 N–H and O–H groups in total. The third-order valence-corrected chi connectivity index (χ3v) is 2.54. The number of rotatable bonds is 6. The van der Waals surface area contributed by atoms with E-state index in [1.165, 1.54) is 18.9 Å². The first-order chi connectivity index (χ1) is 8.27. The second kappa shape index (κ2) is 7.49. The fourth-order valence-electron chi connectivity index (χ4n) is 1.58. The molecule has 0 fully saturated rings. The highest BCUT2D eigenvalue weighted by molar-refractivity contribution is 5.74. The molecule has 3 nitrogen and oxygen atoms in total. The van der Waals surface area contributed by atoms with Gasteiger partial charge >= 0.3 is 5.97 Å². The fraction of sp³-hybridized carbons (Fsp3) is 0.357. The SMILES string of the molecule is COC=CC(CCc1ccccc1)C(=O)OC. The van der Waals surface area contributed by atoms with Crippen LogP contribution in [0.4, 0.5) is 0 Å². The molecule has 1 unspecified atom stereocenters. The Morgan fingerprint density at radius 1 is 1.29 bits per heavy atom. The van der Waals surface area contributed by atoms with Crippen molar-refractivity contribution in [1.82, 2.24) is 0 Å². The molecule has 0 aliphatic heterocycles. The number of benzene rings is 1. The Morgan fingerprint density at radius 3 is 2.59 bits per heavy atom. The first kappa shape index (κ1) is 13.3. The van der Waals surface area contributed by atoms with Crippen LogP contribution in [0.5, 0.6) is 0 Å². The predicted octanol–water partition coefficient (Wildman–Crippen LogP) is 2.57. The van der Waals surface area contributed by atoms with Gasteiger partial charge in [-0.15, -0.1) is 0 Å². The Kier molecular flexibility index (Phi) is 5.86. The summed E-state index contributed by atoms with van der Waals surface area (Å²) in [7, 11) is 2.96. The van der Waals surface area contributed by atoms with E-state index in [1.54, 1.807) is 13.2 Å². The number of aryl methyl sites for hydroxylation is 1. The van der Waals surface area contributed by atoms with E-state index in [1.807, 2.05) is 30.3 Å². The topological polar surface area (TPSA) is 35.5 Å². The van der Waals surface area contributed by atoms with Crippen molar-refractivity contribution >= 4 is 5.97 Å². The van der Waals surface area contributed by atoms with E-state index in [9.17, 15) is 4.79 Å². The average molecular weight is 234 g/mol. The van der Waals surface area contributed by atoms with Crippen LogP contribution < -0.4 is 0 Å². The van der Waals surface area contributed by atoms with Crippen LogP contribution in [0.15, 0.2) is 42.7 Å². The maximum Gasteiger partial charge on any atom is 0.312 e. The lowest BCUT2D eigenvalue weighted by Gasteiger charge is -2.10. The summed E-state index contributed by atoms with van der Waals surface area (Å²) >= 11 is 0. The third kappa shape index (κ3) is 4.72. The molecule has 0 heterocycles. The van der Waals surface area contributed by atoms with Crippen molar-refractivity contribution in [3.05, 3.63) is 48.2 Å². The summed E-state index contributed by atoms with van der Waals surface area (Å²) in [6, 6.07) is 10.1. The molecule has 0 radical (unpaired) electrons. The van der Waals surface area contributed by atoms with Gasteiger partial charge in [-0.05, 0) is 24.5 Å². The molecule has 0 bridgehead atoms. The molecule has 1 aromatic rings. The zero-order valence-electron chi connectivity index (χ0n) is 10.3. The molecular weight excluding hydrogens is 216 g/mol. The number of carbonyl (C=O) groups excluding carboxylic acids is 1. The number of ether oxygens (including phenoxy) is 2. The Hall–Kier alpha value is -1.77. The monoisotopic (exact) mass is 234 g/mol. The van der Waals surface area contributed by atoms with Gasteiger partial charge in [0.05, 0.1) is 26.4 Å². The van der Waals surface area contributed by atoms with Crippen molar-refractivity contribution < 1.29 is 14.3 Å². The predicted molar refractivity (Wildman–Crippen MR) is 66.4 cm³/mol. The molecule has 0 saturated heterocycles. The number of hydrogen-bond donors (Lipinski definition) is 0. The van der Waals surface area contributed by atoms with Crippen molar-refractivity contribution in [2.45, 2.75) is 12.8 Å². The summed E-state index contributed by atoms with van der Waals surface area (Å²) in [5, 5.41) is 0. The van der Waals surface area contributed by atoms with Crippen molar-refractivity contribution in [2.24, 2.45) is 5.92 Å². The lowest BCUT2D eigenvalue weighted by atomic mass is 9.99. The van der Waals surface area contributed by atoms with Crippen LogP contribution in [0.25, 0.3) is 0 Å². The first-order valence-corrected chi connectivity index (χ1v) is 5.59. The number of methoxy groups -OCH3 is 2. The van der Waals surface area contributed by atoms with E-state index in [0.717, 1.165) is 12.8 Å². The summed E-state index contributed by atoms with van der Waals surface area (Å²) in [6.45, 7) is 0. The van der Waals surface area contributed by atoms with Crippen LogP contribution in [0.1, 0.15) is 12.0 Å². The quantitative estimate of drug-likeness (QED) is 0.560. The van der Waals surface area contributed by atoms with E-state index in [4.69, 9.17) is 9.47 Å². The summed E-state index contributed by atoms with van der Waals surface area (Å²) in [5.41, 5.74) is 1.22. The van der Waals surface area contributed by atoms with Crippen LogP contribution in [-0.4, -0.2) is 20.2 Å². The third-order valence-electron chi connectivity index (χ3n) is 2.54. The highest BCUT2D eigenvalue weighted by atomic mass is 16.5. The summed E-state index contributed by atoms with van der Waals surface area (Å²) in [4.78, 5) is 11.5. The van der Waals surface area contributed by atoms with Gasteiger partial charge in [0.15, 0.2) is 0 Å². The zero-order chi connectivity index (χ0) is 12.5. The zero-order valence-corrected chi connectivity index (χ0v) is 10.3. The molecule has 1 rings (SSSR count). The largest absolute Gasteiger partial charge is 0.505 e. The van der Waals surface area contributed by atoms with Crippen LogP contribution in [0.3, 0.4) is 0 Å². The molecule has 0 aromatic heterocycles. The highest BCUT2D eigenvalue weighted by Gasteiger charge is 2.15. The van der Waals surface area contributed by atoms with E-state index < -0.39 is 0 Å². The van der Waals surface area contributed by atoms with Crippen LogP contribution in [-0.2, 0) is 20.7 Å². The Balaban J connectivity index is 2.55. The van der Waals surface area contributed by atoms with Crippen molar-refractivity contribution in [3.8, 4) is 0 Å². The Bertz CT molecular complexity index is 357. The van der Waals surface area contributed by atoms with Gasteiger partial charge in [0.25, 0.3) is 0 Å². The maximum atomic E-state index is 11.5. The van der Waals surface area contributed by atoms with Gasteiger partial charge < -0.3 is 9.47 Å². The molecule has 0 aliphatic rings. The lowest BCUT2D eigenvalue weighted by Crippen LogP contribution is -2.14. The minimum atomic E-state index is -0.250. The molecule has 17 heavy (non-hydrogen) atoms. The van der Waals surface area contributed by atoms with Crippen molar-refractivity contribution in [3.63, 3.8) is 0 Å². The normalized spacial score (nSPS) is 12.4. The van der Waals surface area contributed by atoms with E-state index in [-0.39, 0.29) is 11.9 Å². The average Bonchev–Trinajstić information content (AvgIpc) is 2.39. The summed E-state index contributed by atoms with van der Waals surface area (Å²) in [6.07, 6.45) is 4.81. The highest BCUT2D eigenvalue weighted by Crippen LogP contribution is 2.13. The van der Waals surface area contributed by atoms with E-state index in [2.05, 4.69) is 0 Å². The smallest absolute Gasteiger partial charge is 0.312 e. The number of esters is 1. The second-order valence-electron chi connectivity index (χ2n) is 3.72. The number of carbonyl (C=O) groups is 1. The molecule has 3 heteroatoms. The molecule has 0 amide bonds. The standard InChI is InChI=1S/C14H18O3/c1-16-11-10-13(14(15)17-2)9-8-12-6-4-3-5-7-12/h3-7,10-11,13H,8-9H2,1-2H3. The Morgan fingerprint density at radius 2 is 2.00 bits per heavy atom. The van der Waals surface area contributed by atoms with E-state index in [0.29, 0.717) is 0 Å². The molecule has 1 aromatic carbocycles. The maximum absolute atomic E-state index is 11.5. The molecular formula is C14H18O3. The van der Waals surface area contributed by atoms with E-state index >= 15 is 0 Å². The lowest BCUT2D eigenvalue weighted by molar-refractivity contribution is -0.143. The van der Waals surface area contributed by atoms with Gasteiger partial charge in [-0.25, -0.2) is 0 Å². The van der Waals surface area contributed by atoms with Crippen LogP contribution >= 0.6 is 0 Å². The van der Waals surface area contributed by atoms with Crippen LogP contribution in [0.2, 0.25) is 0 Å². The van der Waals surface area contributed by atoms with Gasteiger partial charge in [0.1, 0.15) is 0 Å².